The highest BCUT2D eigenvalue weighted by molar-refractivity contribution is 7.90. The zero-order valence-corrected chi connectivity index (χ0v) is 25.3. The Morgan fingerprint density at radius 2 is 1.46 bits per heavy atom. The highest BCUT2D eigenvalue weighted by Gasteiger charge is 2.33. The van der Waals surface area contributed by atoms with Crippen molar-refractivity contribution in [3.63, 3.8) is 0 Å². The molecule has 252 valence electrons. The van der Waals surface area contributed by atoms with Crippen LogP contribution in [0, 0.1) is 49.6 Å². The average Bonchev–Trinajstić information content (AvgIpc) is 2.94. The Labute approximate surface area is 259 Å². The van der Waals surface area contributed by atoms with Crippen LogP contribution in [0.3, 0.4) is 0 Å². The van der Waals surface area contributed by atoms with E-state index in [4.69, 9.17) is 9.47 Å². The lowest BCUT2D eigenvalue weighted by Crippen LogP contribution is -2.39. The van der Waals surface area contributed by atoms with E-state index >= 15 is 0 Å². The molecule has 46 heavy (non-hydrogen) atoms. The van der Waals surface area contributed by atoms with Crippen molar-refractivity contribution in [1.29, 1.82) is 0 Å². The number of rotatable bonds is 15. The number of aryl methyl sites for hydroxylation is 2. The summed E-state index contributed by atoms with van der Waals surface area (Å²) < 4.78 is 37.2. The fraction of sp³-hybridized carbons (Fsp3) is 0.478. The normalized spacial score (nSPS) is 12.7. The van der Waals surface area contributed by atoms with Crippen LogP contribution in [0.2, 0.25) is 0 Å². The van der Waals surface area contributed by atoms with Gasteiger partial charge in [-0.3, -0.25) is 5.32 Å². The number of hydrogen-bond acceptors (Lipinski definition) is 17. The number of ether oxygens (including phenoxy) is 2. The molecule has 2 aromatic rings. The van der Waals surface area contributed by atoms with Crippen molar-refractivity contribution in [2.45, 2.75) is 38.2 Å². The van der Waals surface area contributed by atoms with E-state index in [0.717, 1.165) is 0 Å². The van der Waals surface area contributed by atoms with Gasteiger partial charge in [-0.2, -0.15) is 0 Å². The third kappa shape index (κ3) is 11.9. The van der Waals surface area contributed by atoms with Crippen molar-refractivity contribution in [3.8, 4) is 0 Å². The van der Waals surface area contributed by atoms with Gasteiger partial charge in [-0.25, -0.2) is 32.7 Å². The second-order valence-corrected chi connectivity index (χ2v) is 11.1. The Morgan fingerprint density at radius 3 is 1.89 bits per heavy atom. The summed E-state index contributed by atoms with van der Waals surface area (Å²) in [7, 11) is -4.35. The van der Waals surface area contributed by atoms with Gasteiger partial charge in [0.25, 0.3) is 25.3 Å². The average molecular weight is 676 g/mol. The third-order valence-corrected chi connectivity index (χ3v) is 7.28. The molecule has 1 aliphatic rings. The first-order chi connectivity index (χ1) is 21.6. The number of anilines is 1. The second-order valence-electron chi connectivity index (χ2n) is 9.44. The van der Waals surface area contributed by atoms with Gasteiger partial charge in [-0.15, -0.1) is 30.3 Å². The van der Waals surface area contributed by atoms with E-state index < -0.39 is 68.6 Å². The topological polar surface area (TPSA) is 294 Å². The maximum Gasteiger partial charge on any atom is 0.339 e. The SMILES string of the molecule is CCC(CO[N+](=O)[O-])(CO[N+](=O)[O-])CO[N+](=O)[O-].Cc1cc(C)nc(NC(=O)NS(=O)(=O)c2ccccc2C(=O)OC2COC2)n1. The largest absolute Gasteiger partial charge is 0.454 e. The van der Waals surface area contributed by atoms with E-state index in [1.807, 2.05) is 4.72 Å². The van der Waals surface area contributed by atoms with Crippen LogP contribution in [0.1, 0.15) is 35.1 Å². The second kappa shape index (κ2) is 16.6. The summed E-state index contributed by atoms with van der Waals surface area (Å²) in [6.07, 6.45) is -0.330. The predicted octanol–water partition coefficient (Wildman–Crippen LogP) is 1.17. The van der Waals surface area contributed by atoms with E-state index in [0.29, 0.717) is 11.4 Å². The molecule has 2 amide bonds. The molecule has 2 heterocycles. The molecule has 2 N–H and O–H groups in total. The summed E-state index contributed by atoms with van der Waals surface area (Å²) in [6, 6.07) is 6.09. The molecule has 0 atom stereocenters. The van der Waals surface area contributed by atoms with Gasteiger partial charge in [-0.1, -0.05) is 19.1 Å². The lowest BCUT2D eigenvalue weighted by atomic mass is 9.88. The Bertz CT molecular complexity index is 1470. The minimum Gasteiger partial charge on any atom is -0.454 e. The van der Waals surface area contributed by atoms with Crippen LogP contribution in [-0.2, 0) is 34.0 Å². The summed E-state index contributed by atoms with van der Waals surface area (Å²) in [6.45, 7) is 3.62. The number of carbonyl (C=O) groups excluding carboxylic acids is 2. The van der Waals surface area contributed by atoms with Crippen LogP contribution in [0.25, 0.3) is 0 Å². The van der Waals surface area contributed by atoms with Crippen molar-refractivity contribution in [1.82, 2.24) is 14.7 Å². The maximum absolute atomic E-state index is 12.6. The molecule has 23 heteroatoms. The number of nitrogens with zero attached hydrogens (tertiary/aromatic N) is 5. The molecule has 0 bridgehead atoms. The minimum atomic E-state index is -4.35. The zero-order chi connectivity index (χ0) is 34.5. The van der Waals surface area contributed by atoms with Gasteiger partial charge < -0.3 is 24.0 Å². The van der Waals surface area contributed by atoms with Gasteiger partial charge >= 0.3 is 12.0 Å². The molecule has 0 radical (unpaired) electrons. The molecule has 0 spiro atoms. The molecule has 1 aromatic heterocycles. The number of nitrogens with one attached hydrogen (secondary N) is 2. The molecule has 1 saturated heterocycles. The molecule has 0 aliphatic carbocycles. The monoisotopic (exact) mass is 675 g/mol. The highest BCUT2D eigenvalue weighted by Crippen LogP contribution is 2.24. The number of esters is 1. The number of hydrogen-bond donors (Lipinski definition) is 2. The molecule has 0 saturated carbocycles. The lowest BCUT2D eigenvalue weighted by molar-refractivity contribution is -0.782. The molecule has 0 unspecified atom stereocenters. The molecular weight excluding hydrogens is 646 g/mol. The van der Waals surface area contributed by atoms with Gasteiger partial charge in [-0.05, 0) is 38.5 Å². The molecule has 3 rings (SSSR count). The number of amides is 2. The van der Waals surface area contributed by atoms with E-state index in [1.165, 1.54) is 31.2 Å². The van der Waals surface area contributed by atoms with Crippen LogP contribution in [0.4, 0.5) is 10.7 Å². The first-order valence-corrected chi connectivity index (χ1v) is 14.4. The van der Waals surface area contributed by atoms with Crippen molar-refractivity contribution in [2.75, 3.05) is 38.4 Å². The first-order valence-electron chi connectivity index (χ1n) is 12.9. The minimum absolute atomic E-state index is 0.0390. The fourth-order valence-corrected chi connectivity index (χ4v) is 4.56. The first kappa shape index (κ1) is 36.7. The summed E-state index contributed by atoms with van der Waals surface area (Å²) >= 11 is 0. The zero-order valence-electron chi connectivity index (χ0n) is 24.5. The van der Waals surface area contributed by atoms with Gasteiger partial charge in [0.05, 0.1) is 18.8 Å². The van der Waals surface area contributed by atoms with Gasteiger partial charge in [0.2, 0.25) is 5.95 Å². The Hall–Kier alpha value is -5.45. The number of carbonyl (C=O) groups is 2. The fourth-order valence-electron chi connectivity index (χ4n) is 3.45. The van der Waals surface area contributed by atoms with Crippen LogP contribution in [0.15, 0.2) is 35.2 Å². The number of sulfonamides is 1. The molecule has 22 nitrogen and oxygen atoms in total. The highest BCUT2D eigenvalue weighted by atomic mass is 32.2. The summed E-state index contributed by atoms with van der Waals surface area (Å²) in [5, 5.41) is 29.2. The number of aromatic nitrogens is 2. The number of benzene rings is 1. The van der Waals surface area contributed by atoms with E-state index in [-0.39, 0.29) is 36.0 Å². The lowest BCUT2D eigenvalue weighted by Gasteiger charge is -2.28. The molecule has 1 aromatic carbocycles. The standard InChI is InChI=1S/C17H18N4O6S.C6H11N3O9/c1-10-7-11(2)19-16(18-10)20-17(23)21-28(24,25)14-6-4-3-5-13(14)15(22)27-12-8-26-9-12;1-2-6(3-16-7(10)11,4-17-8(12)13)5-18-9(14)15/h3-7,12H,8-9H2,1-2H3,(H2,18,19,20,21,23);2-5H2,1H3. The van der Waals surface area contributed by atoms with Gasteiger partial charge in [0.15, 0.2) is 0 Å². The Morgan fingerprint density at radius 1 is 0.957 bits per heavy atom. The van der Waals surface area contributed by atoms with Crippen molar-refractivity contribution in [2.24, 2.45) is 5.41 Å². The van der Waals surface area contributed by atoms with E-state index in [1.54, 1.807) is 19.9 Å². The smallest absolute Gasteiger partial charge is 0.339 e. The quantitative estimate of drug-likeness (QED) is 0.152. The Kier molecular flexibility index (Phi) is 13.2. The number of urea groups is 1. The van der Waals surface area contributed by atoms with Crippen molar-refractivity contribution in [3.05, 3.63) is 77.6 Å². The third-order valence-electron chi connectivity index (χ3n) is 5.89. The molecular formula is C23H29N7O15S. The predicted molar refractivity (Wildman–Crippen MR) is 149 cm³/mol. The van der Waals surface area contributed by atoms with Crippen LogP contribution in [0.5, 0.6) is 0 Å². The molecule has 1 aliphatic heterocycles. The Balaban J connectivity index is 0.000000356. The van der Waals surface area contributed by atoms with Gasteiger partial charge in [0.1, 0.15) is 30.8 Å². The maximum atomic E-state index is 12.6. The van der Waals surface area contributed by atoms with Crippen LogP contribution in [-0.4, -0.2) is 84.8 Å². The summed E-state index contributed by atoms with van der Waals surface area (Å²) in [5.74, 6) is -0.852. The van der Waals surface area contributed by atoms with Crippen molar-refractivity contribution < 1.29 is 57.3 Å². The van der Waals surface area contributed by atoms with Crippen molar-refractivity contribution >= 4 is 28.0 Å². The van der Waals surface area contributed by atoms with E-state index in [9.17, 15) is 48.3 Å². The van der Waals surface area contributed by atoms with Gasteiger partial charge in [0, 0.05) is 16.8 Å². The van der Waals surface area contributed by atoms with Crippen LogP contribution >= 0.6 is 0 Å². The molecule has 1 fully saturated rings. The van der Waals surface area contributed by atoms with E-state index in [2.05, 4.69) is 29.8 Å². The summed E-state index contributed by atoms with van der Waals surface area (Å²) in [5.41, 5.74) is -0.317. The van der Waals surface area contributed by atoms with Crippen LogP contribution < -0.4 is 10.0 Å². The summed E-state index contributed by atoms with van der Waals surface area (Å²) in [4.78, 5) is 74.5.